The third kappa shape index (κ3) is 7.09. The summed E-state index contributed by atoms with van der Waals surface area (Å²) in [6.45, 7) is 4.11. The second-order valence-electron chi connectivity index (χ2n) is 6.59. The van der Waals surface area contributed by atoms with Crippen LogP contribution in [-0.4, -0.2) is 30.7 Å². The van der Waals surface area contributed by atoms with Crippen LogP contribution >= 0.6 is 22.7 Å². The van der Waals surface area contributed by atoms with Gasteiger partial charge in [0.25, 0.3) is 5.92 Å². The molecule has 4 nitrogen and oxygen atoms in total. The highest BCUT2D eigenvalue weighted by atomic mass is 32.1. The Morgan fingerprint density at radius 1 is 1.24 bits per heavy atom. The number of ether oxygens (including phenoxy) is 1. The average molecular weight is 389 g/mol. The smallest absolute Gasteiger partial charge is 0.407 e. The molecule has 8 heteroatoms. The Kier molecular flexibility index (Phi) is 6.53. The number of hydrogen-bond acceptors (Lipinski definition) is 5. The van der Waals surface area contributed by atoms with E-state index in [1.165, 1.54) is 11.3 Å². The molecule has 0 aliphatic carbocycles. The summed E-state index contributed by atoms with van der Waals surface area (Å²) in [4.78, 5) is 13.6. The van der Waals surface area contributed by atoms with Gasteiger partial charge < -0.3 is 15.4 Å². The van der Waals surface area contributed by atoms with Crippen LogP contribution in [0.5, 0.6) is 0 Å². The summed E-state index contributed by atoms with van der Waals surface area (Å²) < 4.78 is 32.6. The number of amides is 1. The van der Waals surface area contributed by atoms with Gasteiger partial charge in [-0.25, -0.2) is 13.6 Å². The second kappa shape index (κ2) is 8.25. The molecule has 2 heterocycles. The number of hydrogen-bond donors (Lipinski definition) is 2. The first-order chi connectivity index (χ1) is 11.6. The molecule has 0 aliphatic heterocycles. The predicted octanol–water partition coefficient (Wildman–Crippen LogP) is 4.73. The first-order valence-corrected chi connectivity index (χ1v) is 9.57. The van der Waals surface area contributed by atoms with E-state index in [2.05, 4.69) is 10.6 Å². The molecule has 1 amide bonds. The molecule has 0 fully saturated rings. The van der Waals surface area contributed by atoms with E-state index in [0.717, 1.165) is 15.3 Å². The molecule has 0 bridgehead atoms. The van der Waals surface area contributed by atoms with Crippen molar-refractivity contribution in [3.63, 3.8) is 0 Å². The van der Waals surface area contributed by atoms with Gasteiger partial charge >= 0.3 is 6.09 Å². The maximum absolute atomic E-state index is 13.8. The minimum Gasteiger partial charge on any atom is -0.444 e. The molecule has 0 saturated carbocycles. The van der Waals surface area contributed by atoms with Gasteiger partial charge in [0.15, 0.2) is 0 Å². The van der Waals surface area contributed by atoms with E-state index in [-0.39, 0.29) is 0 Å². The van der Waals surface area contributed by atoms with Gasteiger partial charge in [-0.05, 0) is 43.7 Å². The molecular weight excluding hydrogens is 366 g/mol. The van der Waals surface area contributed by atoms with E-state index >= 15 is 0 Å². The highest BCUT2D eigenvalue weighted by Crippen LogP contribution is 2.29. The minimum atomic E-state index is -3.05. The topological polar surface area (TPSA) is 50.4 Å². The lowest BCUT2D eigenvalue weighted by molar-refractivity contribution is -0.00371. The van der Waals surface area contributed by atoms with Crippen LogP contribution in [0.4, 0.5) is 13.6 Å². The van der Waals surface area contributed by atoms with Crippen molar-refractivity contribution in [2.75, 3.05) is 13.1 Å². The minimum absolute atomic E-state index is 0.359. The molecule has 0 radical (unpaired) electrons. The maximum Gasteiger partial charge on any atom is 0.407 e. The van der Waals surface area contributed by atoms with E-state index in [1.807, 2.05) is 29.0 Å². The Morgan fingerprint density at radius 2 is 2.00 bits per heavy atom. The van der Waals surface area contributed by atoms with Gasteiger partial charge in [-0.3, -0.25) is 0 Å². The fourth-order valence-electron chi connectivity index (χ4n) is 1.99. The van der Waals surface area contributed by atoms with Crippen molar-refractivity contribution in [2.24, 2.45) is 0 Å². The van der Waals surface area contributed by atoms with Crippen LogP contribution in [0.1, 0.15) is 25.6 Å². The molecule has 0 saturated heterocycles. The molecule has 0 aliphatic rings. The summed E-state index contributed by atoms with van der Waals surface area (Å²) >= 11 is 3.18. The van der Waals surface area contributed by atoms with E-state index in [1.54, 1.807) is 32.1 Å². The third-order valence-corrected chi connectivity index (χ3v) is 4.89. The standard InChI is InChI=1S/C17H22F2N2O2S2/c1-16(2,3)23-15(22)21-11-17(18,19)10-20-8-13-7-12(9-25-13)14-5-4-6-24-14/h4-7,9,20H,8,10-11H2,1-3H3,(H,21,22). The Labute approximate surface area is 154 Å². The van der Waals surface area contributed by atoms with E-state index in [4.69, 9.17) is 4.74 Å². The molecule has 2 N–H and O–H groups in total. The molecule has 25 heavy (non-hydrogen) atoms. The highest BCUT2D eigenvalue weighted by Gasteiger charge is 2.30. The molecule has 138 valence electrons. The predicted molar refractivity (Wildman–Crippen MR) is 98.5 cm³/mol. The monoisotopic (exact) mass is 388 g/mol. The Bertz CT molecular complexity index is 679. The summed E-state index contributed by atoms with van der Waals surface area (Å²) in [6.07, 6.45) is -0.842. The van der Waals surface area contributed by atoms with E-state index in [0.29, 0.717) is 6.54 Å². The van der Waals surface area contributed by atoms with E-state index < -0.39 is 30.7 Å². The molecule has 0 unspecified atom stereocenters. The van der Waals surface area contributed by atoms with Crippen molar-refractivity contribution in [1.82, 2.24) is 10.6 Å². The van der Waals surface area contributed by atoms with Crippen molar-refractivity contribution in [3.8, 4) is 10.4 Å². The SMILES string of the molecule is CC(C)(C)OC(=O)NCC(F)(F)CNCc1cc(-c2cccs2)cs1. The number of halogens is 2. The number of carbonyl (C=O) groups excluding carboxylic acids is 1. The summed E-state index contributed by atoms with van der Waals surface area (Å²) in [7, 11) is 0. The van der Waals surface area contributed by atoms with Crippen molar-refractivity contribution < 1.29 is 18.3 Å². The van der Waals surface area contributed by atoms with Crippen LogP contribution in [0.3, 0.4) is 0 Å². The molecule has 2 rings (SSSR count). The first kappa shape index (κ1) is 19.8. The second-order valence-corrected chi connectivity index (χ2v) is 8.54. The zero-order valence-electron chi connectivity index (χ0n) is 14.4. The molecule has 0 spiro atoms. The quantitative estimate of drug-likeness (QED) is 0.721. The van der Waals surface area contributed by atoms with Gasteiger partial charge in [-0.2, -0.15) is 0 Å². The molecule has 2 aromatic heterocycles. The third-order valence-electron chi connectivity index (χ3n) is 3.03. The number of carbonyl (C=O) groups is 1. The summed E-state index contributed by atoms with van der Waals surface area (Å²) in [5.74, 6) is -3.05. The van der Waals surface area contributed by atoms with Gasteiger partial charge in [0, 0.05) is 21.9 Å². The van der Waals surface area contributed by atoms with Crippen LogP contribution in [0.25, 0.3) is 10.4 Å². The molecular formula is C17H22F2N2O2S2. The van der Waals surface area contributed by atoms with Crippen LogP contribution in [0.2, 0.25) is 0 Å². The van der Waals surface area contributed by atoms with E-state index in [9.17, 15) is 13.6 Å². The van der Waals surface area contributed by atoms with Crippen molar-refractivity contribution in [3.05, 3.63) is 33.8 Å². The Hall–Kier alpha value is -1.51. The fourth-order valence-corrected chi connectivity index (χ4v) is 3.64. The zero-order chi connectivity index (χ0) is 18.5. The lowest BCUT2D eigenvalue weighted by atomic mass is 10.2. The number of alkyl carbamates (subject to hydrolysis) is 1. The highest BCUT2D eigenvalue weighted by molar-refractivity contribution is 7.14. The largest absolute Gasteiger partial charge is 0.444 e. The molecule has 0 aromatic carbocycles. The number of rotatable bonds is 7. The summed E-state index contributed by atoms with van der Waals surface area (Å²) in [5.41, 5.74) is 0.395. The van der Waals surface area contributed by atoms with Gasteiger partial charge in [-0.1, -0.05) is 6.07 Å². The lowest BCUT2D eigenvalue weighted by Gasteiger charge is -2.22. The van der Waals surface area contributed by atoms with Crippen LogP contribution in [-0.2, 0) is 11.3 Å². The van der Waals surface area contributed by atoms with Crippen LogP contribution in [0, 0.1) is 0 Å². The lowest BCUT2D eigenvalue weighted by Crippen LogP contribution is -2.44. The summed E-state index contributed by atoms with van der Waals surface area (Å²) in [6, 6.07) is 6.01. The van der Waals surface area contributed by atoms with Gasteiger partial charge in [0.2, 0.25) is 0 Å². The molecule has 0 atom stereocenters. The van der Waals surface area contributed by atoms with Crippen molar-refractivity contribution >= 4 is 28.8 Å². The van der Waals surface area contributed by atoms with Crippen molar-refractivity contribution in [2.45, 2.75) is 38.8 Å². The number of alkyl halides is 2. The van der Waals surface area contributed by atoms with Gasteiger partial charge in [0.1, 0.15) is 5.60 Å². The normalized spacial score (nSPS) is 12.2. The number of nitrogens with one attached hydrogen (secondary N) is 2. The van der Waals surface area contributed by atoms with Crippen molar-refractivity contribution in [1.29, 1.82) is 0 Å². The maximum atomic E-state index is 13.8. The van der Waals surface area contributed by atoms with Crippen LogP contribution < -0.4 is 10.6 Å². The Balaban J connectivity index is 1.74. The fraction of sp³-hybridized carbons (Fsp3) is 0.471. The number of thiophene rings is 2. The molecule has 2 aromatic rings. The average Bonchev–Trinajstić information content (AvgIpc) is 3.14. The van der Waals surface area contributed by atoms with Crippen LogP contribution in [0.15, 0.2) is 29.0 Å². The zero-order valence-corrected chi connectivity index (χ0v) is 16.0. The van der Waals surface area contributed by atoms with Gasteiger partial charge in [-0.15, -0.1) is 22.7 Å². The van der Waals surface area contributed by atoms with Gasteiger partial charge in [0.05, 0.1) is 13.1 Å². The Morgan fingerprint density at radius 3 is 2.64 bits per heavy atom. The first-order valence-electron chi connectivity index (χ1n) is 7.81. The summed E-state index contributed by atoms with van der Waals surface area (Å²) in [5, 5.41) is 8.87.